The molecule has 3 heterocycles. The molecule has 0 unspecified atom stereocenters. The van der Waals surface area contributed by atoms with E-state index in [9.17, 15) is 14.4 Å². The van der Waals surface area contributed by atoms with Gasteiger partial charge < -0.3 is 30.2 Å². The van der Waals surface area contributed by atoms with Gasteiger partial charge in [-0.15, -0.1) is 0 Å². The lowest BCUT2D eigenvalue weighted by atomic mass is 10.2. The molecule has 2 aromatic heterocycles. The number of amides is 3. The number of pyridine rings is 1. The predicted octanol–water partition coefficient (Wildman–Crippen LogP) is 3.21. The average Bonchev–Trinajstić information content (AvgIpc) is 3.52. The number of nitrogens with zero attached hydrogens (tertiary/aromatic N) is 4. The first-order valence-corrected chi connectivity index (χ1v) is 12.6. The van der Waals surface area contributed by atoms with E-state index in [1.807, 2.05) is 41.9 Å². The molecule has 0 bridgehead atoms. The number of anilines is 2. The molecule has 3 amide bonds. The zero-order chi connectivity index (χ0) is 27.5. The molecule has 1 saturated heterocycles. The molecule has 0 radical (unpaired) electrons. The van der Waals surface area contributed by atoms with Gasteiger partial charge in [-0.2, -0.15) is 0 Å². The van der Waals surface area contributed by atoms with Gasteiger partial charge in [-0.05, 0) is 48.9 Å². The van der Waals surface area contributed by atoms with Crippen LogP contribution in [0.5, 0.6) is 11.5 Å². The molecule has 1 aliphatic rings. The number of carbonyl (C=O) groups excluding carboxylic acids is 3. The molecule has 0 aliphatic carbocycles. The summed E-state index contributed by atoms with van der Waals surface area (Å²) in [6.45, 7) is 2.62. The van der Waals surface area contributed by atoms with E-state index in [4.69, 9.17) is 9.72 Å². The maximum absolute atomic E-state index is 12.9. The number of hydrogen-bond acceptors (Lipinski definition) is 7. The van der Waals surface area contributed by atoms with Gasteiger partial charge in [-0.25, -0.2) is 4.98 Å². The van der Waals surface area contributed by atoms with E-state index in [2.05, 4.69) is 20.9 Å². The Morgan fingerprint density at radius 3 is 2.54 bits per heavy atom. The molecule has 2 aromatic carbocycles. The van der Waals surface area contributed by atoms with Crippen LogP contribution in [0, 0.1) is 0 Å². The van der Waals surface area contributed by atoms with E-state index in [1.165, 1.54) is 13.1 Å². The number of benzene rings is 2. The maximum atomic E-state index is 12.9. The molecule has 39 heavy (non-hydrogen) atoms. The molecule has 0 saturated carbocycles. The molecular weight excluding hydrogens is 498 g/mol. The Bertz CT molecular complexity index is 1550. The molecule has 5 rings (SSSR count). The summed E-state index contributed by atoms with van der Waals surface area (Å²) in [4.78, 5) is 46.6. The number of fused-ring (bicyclic) bond motifs is 1. The average molecular weight is 528 g/mol. The molecule has 1 fully saturated rings. The number of hydrogen-bond donors (Lipinski definition) is 3. The SMILES string of the molecule is CNC(=O)c1cc(Oc2ccc3c(c2)nc(Nc2ccc(C(=O)N4CC[C@@H](NC(C)=O)C4)cc2)n3C)ccn1. The van der Waals surface area contributed by atoms with Crippen molar-refractivity contribution in [3.8, 4) is 11.5 Å². The van der Waals surface area contributed by atoms with Crippen LogP contribution >= 0.6 is 0 Å². The molecule has 4 aromatic rings. The number of imidazole rings is 1. The van der Waals surface area contributed by atoms with E-state index in [0.717, 1.165) is 23.1 Å². The van der Waals surface area contributed by atoms with Crippen molar-refractivity contribution in [2.75, 3.05) is 25.5 Å². The van der Waals surface area contributed by atoms with Gasteiger partial charge in [-0.1, -0.05) is 0 Å². The Kier molecular flexibility index (Phi) is 7.13. The van der Waals surface area contributed by atoms with Crippen molar-refractivity contribution in [2.45, 2.75) is 19.4 Å². The number of ether oxygens (including phenoxy) is 1. The standard InChI is InChI=1S/C28H29N7O4/c1-17(36)31-20-11-13-35(16-20)27(38)18-4-6-19(7-5-18)32-28-33-23-14-21(8-9-25(23)34(28)3)39-22-10-12-30-24(15-22)26(37)29-2/h4-10,12,14-15,20H,11,13,16H2,1-3H3,(H,29,37)(H,31,36)(H,32,33)/t20-/m1/s1. The van der Waals surface area contributed by atoms with E-state index in [1.54, 1.807) is 36.2 Å². The van der Waals surface area contributed by atoms with Gasteiger partial charge in [0.25, 0.3) is 11.8 Å². The summed E-state index contributed by atoms with van der Waals surface area (Å²) in [5.41, 5.74) is 3.28. The number of aromatic nitrogens is 3. The maximum Gasteiger partial charge on any atom is 0.269 e. The quantitative estimate of drug-likeness (QED) is 0.336. The summed E-state index contributed by atoms with van der Waals surface area (Å²) in [7, 11) is 3.46. The lowest BCUT2D eigenvalue weighted by Gasteiger charge is -2.17. The third kappa shape index (κ3) is 5.66. The Labute approximate surface area is 225 Å². The van der Waals surface area contributed by atoms with Crippen LogP contribution in [-0.4, -0.2) is 63.3 Å². The van der Waals surface area contributed by atoms with E-state index in [0.29, 0.717) is 36.1 Å². The summed E-state index contributed by atoms with van der Waals surface area (Å²) < 4.78 is 7.88. The molecule has 1 atom stereocenters. The van der Waals surface area contributed by atoms with Crippen molar-refractivity contribution < 1.29 is 19.1 Å². The van der Waals surface area contributed by atoms with E-state index < -0.39 is 0 Å². The minimum Gasteiger partial charge on any atom is -0.457 e. The summed E-state index contributed by atoms with van der Waals surface area (Å²) in [6.07, 6.45) is 2.28. The van der Waals surface area contributed by atoms with Crippen molar-refractivity contribution in [2.24, 2.45) is 7.05 Å². The monoisotopic (exact) mass is 527 g/mol. The van der Waals surface area contributed by atoms with Gasteiger partial charge in [0, 0.05) is 69.7 Å². The van der Waals surface area contributed by atoms with Gasteiger partial charge in [0.1, 0.15) is 17.2 Å². The largest absolute Gasteiger partial charge is 0.457 e. The minimum absolute atomic E-state index is 0.000543. The van der Waals surface area contributed by atoms with E-state index >= 15 is 0 Å². The first kappa shape index (κ1) is 25.7. The molecule has 1 aliphatic heterocycles. The van der Waals surface area contributed by atoms with Crippen molar-refractivity contribution in [3.05, 3.63) is 72.1 Å². The molecule has 11 nitrogen and oxygen atoms in total. The van der Waals surface area contributed by atoms with Crippen molar-refractivity contribution >= 4 is 40.4 Å². The zero-order valence-corrected chi connectivity index (χ0v) is 21.9. The van der Waals surface area contributed by atoms with Crippen LogP contribution in [0.1, 0.15) is 34.2 Å². The highest BCUT2D eigenvalue weighted by atomic mass is 16.5. The third-order valence-electron chi connectivity index (χ3n) is 6.55. The number of rotatable bonds is 7. The highest BCUT2D eigenvalue weighted by Crippen LogP contribution is 2.28. The van der Waals surface area contributed by atoms with E-state index in [-0.39, 0.29) is 29.5 Å². The fourth-order valence-electron chi connectivity index (χ4n) is 4.58. The van der Waals surface area contributed by atoms with Crippen LogP contribution < -0.4 is 20.7 Å². The van der Waals surface area contributed by atoms with Crippen LogP contribution in [0.25, 0.3) is 11.0 Å². The smallest absolute Gasteiger partial charge is 0.269 e. The summed E-state index contributed by atoms with van der Waals surface area (Å²) in [5, 5.41) is 8.73. The lowest BCUT2D eigenvalue weighted by molar-refractivity contribution is -0.119. The number of carbonyl (C=O) groups is 3. The van der Waals surface area contributed by atoms with Gasteiger partial charge in [0.2, 0.25) is 11.9 Å². The molecular formula is C28H29N7O4. The molecule has 3 N–H and O–H groups in total. The molecule has 200 valence electrons. The van der Waals surface area contributed by atoms with Gasteiger partial charge in [0.05, 0.1) is 11.0 Å². The van der Waals surface area contributed by atoms with Gasteiger partial charge >= 0.3 is 0 Å². The normalized spacial score (nSPS) is 14.7. The Morgan fingerprint density at radius 1 is 1.03 bits per heavy atom. The van der Waals surface area contributed by atoms with Crippen molar-refractivity contribution in [3.63, 3.8) is 0 Å². The number of likely N-dealkylation sites (tertiary alicyclic amines) is 1. The topological polar surface area (TPSA) is 130 Å². The number of nitrogens with one attached hydrogen (secondary N) is 3. The summed E-state index contributed by atoms with van der Waals surface area (Å²) >= 11 is 0. The lowest BCUT2D eigenvalue weighted by Crippen LogP contribution is -2.37. The predicted molar refractivity (Wildman–Crippen MR) is 146 cm³/mol. The Morgan fingerprint density at radius 2 is 1.79 bits per heavy atom. The van der Waals surface area contributed by atoms with Gasteiger partial charge in [-0.3, -0.25) is 19.4 Å². The van der Waals surface area contributed by atoms with Crippen molar-refractivity contribution in [1.82, 2.24) is 30.1 Å². The first-order chi connectivity index (χ1) is 18.8. The fraction of sp³-hybridized carbons (Fsp3) is 0.250. The highest BCUT2D eigenvalue weighted by molar-refractivity contribution is 5.95. The molecule has 0 spiro atoms. The Hall–Kier alpha value is -4.93. The van der Waals surface area contributed by atoms with Crippen LogP contribution in [0.2, 0.25) is 0 Å². The molecule has 11 heteroatoms. The second kappa shape index (κ2) is 10.8. The summed E-state index contributed by atoms with van der Waals surface area (Å²) in [6, 6.07) is 16.1. The minimum atomic E-state index is -0.291. The first-order valence-electron chi connectivity index (χ1n) is 12.6. The fourth-order valence-corrected chi connectivity index (χ4v) is 4.58. The van der Waals surface area contributed by atoms with Crippen molar-refractivity contribution in [1.29, 1.82) is 0 Å². The third-order valence-corrected chi connectivity index (χ3v) is 6.55. The van der Waals surface area contributed by atoms with Crippen LogP contribution in [-0.2, 0) is 11.8 Å². The van der Waals surface area contributed by atoms with Crippen LogP contribution in [0.4, 0.5) is 11.6 Å². The second-order valence-corrected chi connectivity index (χ2v) is 9.34. The number of aryl methyl sites for hydroxylation is 1. The summed E-state index contributed by atoms with van der Waals surface area (Å²) in [5.74, 6) is 1.27. The second-order valence-electron chi connectivity index (χ2n) is 9.34. The van der Waals surface area contributed by atoms with Gasteiger partial charge in [0.15, 0.2) is 0 Å². The Balaban J connectivity index is 1.27. The zero-order valence-electron chi connectivity index (χ0n) is 21.9. The van der Waals surface area contributed by atoms with Crippen LogP contribution in [0.3, 0.4) is 0 Å². The highest BCUT2D eigenvalue weighted by Gasteiger charge is 2.27. The van der Waals surface area contributed by atoms with Crippen LogP contribution in [0.15, 0.2) is 60.8 Å².